The van der Waals surface area contributed by atoms with E-state index in [9.17, 15) is 0 Å². The van der Waals surface area contributed by atoms with Gasteiger partial charge < -0.3 is 0 Å². The summed E-state index contributed by atoms with van der Waals surface area (Å²) < 4.78 is 0. The predicted molar refractivity (Wildman–Crippen MR) is 85.0 cm³/mol. The van der Waals surface area contributed by atoms with Crippen LogP contribution in [-0.4, -0.2) is 0 Å². The van der Waals surface area contributed by atoms with Crippen molar-refractivity contribution in [3.63, 3.8) is 0 Å². The van der Waals surface area contributed by atoms with E-state index in [4.69, 9.17) is 0 Å². The fraction of sp³-hybridized carbons (Fsp3) is 0.368. The highest BCUT2D eigenvalue weighted by Gasteiger charge is 2.26. The molecule has 0 saturated heterocycles. The molecule has 2 rings (SSSR count). The van der Waals surface area contributed by atoms with E-state index in [1.165, 1.54) is 16.7 Å². The first kappa shape index (κ1) is 13.9. The second kappa shape index (κ2) is 5.61. The summed E-state index contributed by atoms with van der Waals surface area (Å²) in [6, 6.07) is 8.72. The van der Waals surface area contributed by atoms with Crippen molar-refractivity contribution in [1.82, 2.24) is 0 Å². The summed E-state index contributed by atoms with van der Waals surface area (Å²) in [7, 11) is 0. The summed E-state index contributed by atoms with van der Waals surface area (Å²) in [6.45, 7) is 11.2. The second-order valence-electron chi connectivity index (χ2n) is 6.14. The maximum Gasteiger partial charge on any atom is 0.0141 e. The van der Waals surface area contributed by atoms with Gasteiger partial charge in [0.15, 0.2) is 0 Å². The SMILES string of the molecule is C=C(c1ccccc1CC(C)C)C1(C)C=CC=CC1. The Bertz CT molecular complexity index is 517. The van der Waals surface area contributed by atoms with Gasteiger partial charge in [0.05, 0.1) is 0 Å². The molecule has 0 radical (unpaired) electrons. The molecule has 0 nitrogen and oxygen atoms in total. The highest BCUT2D eigenvalue weighted by Crippen LogP contribution is 2.41. The molecule has 0 heteroatoms. The lowest BCUT2D eigenvalue weighted by atomic mass is 9.73. The van der Waals surface area contributed by atoms with Gasteiger partial charge in [-0.05, 0) is 35.5 Å². The van der Waals surface area contributed by atoms with Crippen LogP contribution in [0.5, 0.6) is 0 Å². The first-order valence-corrected chi connectivity index (χ1v) is 7.15. The Morgan fingerprint density at radius 2 is 2.00 bits per heavy atom. The molecule has 1 unspecified atom stereocenters. The lowest BCUT2D eigenvalue weighted by Gasteiger charge is -2.30. The van der Waals surface area contributed by atoms with Crippen LogP contribution in [0.3, 0.4) is 0 Å². The van der Waals surface area contributed by atoms with Crippen LogP contribution in [0.1, 0.15) is 38.3 Å². The molecule has 0 heterocycles. The molecule has 0 saturated carbocycles. The molecular weight excluding hydrogens is 228 g/mol. The standard InChI is InChI=1S/C19H24/c1-15(2)14-17-10-6-7-11-18(17)16(3)19(4)12-8-5-9-13-19/h5-12,15H,3,13-14H2,1-2,4H3. The molecule has 1 aromatic carbocycles. The van der Waals surface area contributed by atoms with E-state index < -0.39 is 0 Å². The molecular formula is C19H24. The Morgan fingerprint density at radius 3 is 2.63 bits per heavy atom. The largest absolute Gasteiger partial charge is 0.0943 e. The van der Waals surface area contributed by atoms with Crippen LogP contribution in [0.2, 0.25) is 0 Å². The minimum atomic E-state index is 0.0574. The Morgan fingerprint density at radius 1 is 1.26 bits per heavy atom. The Hall–Kier alpha value is -1.56. The normalized spacial score (nSPS) is 21.9. The molecule has 0 aromatic heterocycles. The van der Waals surface area contributed by atoms with Crippen molar-refractivity contribution in [2.75, 3.05) is 0 Å². The number of allylic oxidation sites excluding steroid dienone is 5. The van der Waals surface area contributed by atoms with E-state index in [-0.39, 0.29) is 5.41 Å². The predicted octanol–water partition coefficient (Wildman–Crippen LogP) is 5.42. The van der Waals surface area contributed by atoms with E-state index in [0.717, 1.165) is 12.8 Å². The van der Waals surface area contributed by atoms with Gasteiger partial charge in [-0.25, -0.2) is 0 Å². The minimum Gasteiger partial charge on any atom is -0.0943 e. The molecule has 0 fully saturated rings. The topological polar surface area (TPSA) is 0 Å². The summed E-state index contributed by atoms with van der Waals surface area (Å²) in [5.74, 6) is 0.670. The molecule has 0 amide bonds. The van der Waals surface area contributed by atoms with Gasteiger partial charge in [0.25, 0.3) is 0 Å². The zero-order chi connectivity index (χ0) is 13.9. The molecule has 1 aromatic rings. The van der Waals surface area contributed by atoms with Crippen LogP contribution in [0.4, 0.5) is 0 Å². The van der Waals surface area contributed by atoms with E-state index >= 15 is 0 Å². The Balaban J connectivity index is 2.33. The fourth-order valence-corrected chi connectivity index (χ4v) is 2.69. The molecule has 0 aliphatic heterocycles. The minimum absolute atomic E-state index is 0.0574. The van der Waals surface area contributed by atoms with Gasteiger partial charge >= 0.3 is 0 Å². The number of benzene rings is 1. The molecule has 0 N–H and O–H groups in total. The van der Waals surface area contributed by atoms with E-state index in [1.807, 2.05) is 0 Å². The first-order valence-electron chi connectivity index (χ1n) is 7.15. The van der Waals surface area contributed by atoms with Crippen molar-refractivity contribution >= 4 is 5.57 Å². The summed E-state index contributed by atoms with van der Waals surface area (Å²) in [5, 5.41) is 0. The van der Waals surface area contributed by atoms with Crippen LogP contribution < -0.4 is 0 Å². The van der Waals surface area contributed by atoms with Gasteiger partial charge in [-0.15, -0.1) is 0 Å². The zero-order valence-corrected chi connectivity index (χ0v) is 12.3. The summed E-state index contributed by atoms with van der Waals surface area (Å²) in [4.78, 5) is 0. The fourth-order valence-electron chi connectivity index (χ4n) is 2.69. The van der Waals surface area contributed by atoms with Crippen molar-refractivity contribution in [3.8, 4) is 0 Å². The van der Waals surface area contributed by atoms with E-state index in [1.54, 1.807) is 0 Å². The lowest BCUT2D eigenvalue weighted by molar-refractivity contribution is 0.576. The van der Waals surface area contributed by atoms with Crippen LogP contribution in [-0.2, 0) is 6.42 Å². The van der Waals surface area contributed by atoms with Gasteiger partial charge in [0.1, 0.15) is 0 Å². The van der Waals surface area contributed by atoms with Gasteiger partial charge in [0.2, 0.25) is 0 Å². The van der Waals surface area contributed by atoms with Crippen LogP contribution in [0.15, 0.2) is 55.1 Å². The Kier molecular flexibility index (Phi) is 4.09. The van der Waals surface area contributed by atoms with Crippen molar-refractivity contribution in [1.29, 1.82) is 0 Å². The third-order valence-corrected chi connectivity index (χ3v) is 3.91. The number of hydrogen-bond donors (Lipinski definition) is 0. The third kappa shape index (κ3) is 3.07. The number of hydrogen-bond acceptors (Lipinski definition) is 0. The molecule has 19 heavy (non-hydrogen) atoms. The van der Waals surface area contributed by atoms with Gasteiger partial charge in [-0.3, -0.25) is 0 Å². The maximum absolute atomic E-state index is 4.40. The van der Waals surface area contributed by atoms with Crippen molar-refractivity contribution < 1.29 is 0 Å². The first-order chi connectivity index (χ1) is 9.03. The van der Waals surface area contributed by atoms with E-state index in [0.29, 0.717) is 5.92 Å². The van der Waals surface area contributed by atoms with E-state index in [2.05, 4.69) is 75.9 Å². The zero-order valence-electron chi connectivity index (χ0n) is 12.3. The van der Waals surface area contributed by atoms with Gasteiger partial charge in [0, 0.05) is 5.41 Å². The average molecular weight is 252 g/mol. The molecule has 0 bridgehead atoms. The highest BCUT2D eigenvalue weighted by atomic mass is 14.3. The van der Waals surface area contributed by atoms with Crippen LogP contribution in [0, 0.1) is 11.3 Å². The van der Waals surface area contributed by atoms with Crippen LogP contribution in [0.25, 0.3) is 5.57 Å². The monoisotopic (exact) mass is 252 g/mol. The average Bonchev–Trinajstić information content (AvgIpc) is 2.39. The van der Waals surface area contributed by atoms with Gasteiger partial charge in [-0.1, -0.05) is 75.9 Å². The van der Waals surface area contributed by atoms with Crippen molar-refractivity contribution in [2.45, 2.75) is 33.6 Å². The van der Waals surface area contributed by atoms with Crippen molar-refractivity contribution in [3.05, 3.63) is 66.3 Å². The molecule has 1 aliphatic carbocycles. The second-order valence-corrected chi connectivity index (χ2v) is 6.14. The van der Waals surface area contributed by atoms with Crippen molar-refractivity contribution in [2.24, 2.45) is 11.3 Å². The lowest BCUT2D eigenvalue weighted by Crippen LogP contribution is -2.16. The highest BCUT2D eigenvalue weighted by molar-refractivity contribution is 5.73. The molecule has 1 atom stereocenters. The molecule has 0 spiro atoms. The summed E-state index contributed by atoms with van der Waals surface area (Å²) >= 11 is 0. The molecule has 1 aliphatic rings. The quantitative estimate of drug-likeness (QED) is 0.671. The summed E-state index contributed by atoms with van der Waals surface area (Å²) in [6.07, 6.45) is 10.9. The third-order valence-electron chi connectivity index (χ3n) is 3.91. The summed E-state index contributed by atoms with van der Waals surface area (Å²) in [5.41, 5.74) is 4.05. The number of rotatable bonds is 4. The van der Waals surface area contributed by atoms with Crippen LogP contribution >= 0.6 is 0 Å². The molecule has 100 valence electrons. The smallest absolute Gasteiger partial charge is 0.0141 e. The Labute approximate surface area is 117 Å². The maximum atomic E-state index is 4.40. The van der Waals surface area contributed by atoms with Gasteiger partial charge in [-0.2, -0.15) is 0 Å².